The molecule has 114 valence electrons. The zero-order chi connectivity index (χ0) is 15.2. The van der Waals surface area contributed by atoms with E-state index in [0.717, 1.165) is 25.1 Å². The molecule has 0 saturated carbocycles. The molecular formula is C15H20N2O4. The second kappa shape index (κ2) is 7.19. The highest BCUT2D eigenvalue weighted by Gasteiger charge is 2.16. The lowest BCUT2D eigenvalue weighted by Crippen LogP contribution is -2.34. The molecule has 1 aromatic rings. The third-order valence-electron chi connectivity index (χ3n) is 3.58. The Bertz CT molecular complexity index is 530. The fraction of sp³-hybridized carbons (Fsp3) is 0.467. The summed E-state index contributed by atoms with van der Waals surface area (Å²) in [5.74, 6) is -1.16. The van der Waals surface area contributed by atoms with E-state index < -0.39 is 12.1 Å². The van der Waals surface area contributed by atoms with E-state index in [0.29, 0.717) is 5.56 Å². The van der Waals surface area contributed by atoms with Crippen molar-refractivity contribution in [1.82, 2.24) is 10.6 Å². The van der Waals surface area contributed by atoms with Gasteiger partial charge in [0.25, 0.3) is 5.91 Å². The first-order valence-corrected chi connectivity index (χ1v) is 6.95. The van der Waals surface area contributed by atoms with Gasteiger partial charge < -0.3 is 20.5 Å². The van der Waals surface area contributed by atoms with Gasteiger partial charge in [-0.05, 0) is 36.2 Å². The van der Waals surface area contributed by atoms with Crippen LogP contribution < -0.4 is 10.6 Å². The predicted octanol–water partition coefficient (Wildman–Crippen LogP) is 0.552. The molecular weight excluding hydrogens is 272 g/mol. The van der Waals surface area contributed by atoms with Crippen molar-refractivity contribution in [2.75, 3.05) is 20.2 Å². The van der Waals surface area contributed by atoms with E-state index in [1.807, 2.05) is 12.1 Å². The molecule has 3 N–H and O–H groups in total. The molecule has 1 aliphatic rings. The summed E-state index contributed by atoms with van der Waals surface area (Å²) in [6.07, 6.45) is 0.317. The molecule has 1 unspecified atom stereocenters. The van der Waals surface area contributed by atoms with E-state index in [-0.39, 0.29) is 18.9 Å². The molecule has 1 aromatic carbocycles. The smallest absolute Gasteiger partial charge is 0.306 e. The quantitative estimate of drug-likeness (QED) is 0.713. The molecule has 6 heteroatoms. The number of carboxylic acid groups (broad SMARTS) is 1. The molecule has 0 saturated heterocycles. The van der Waals surface area contributed by atoms with Crippen molar-refractivity contribution in [2.45, 2.75) is 25.5 Å². The largest absolute Gasteiger partial charge is 0.481 e. The Morgan fingerprint density at radius 1 is 1.43 bits per heavy atom. The van der Waals surface area contributed by atoms with Gasteiger partial charge in [-0.1, -0.05) is 6.07 Å². The second-order valence-corrected chi connectivity index (χ2v) is 5.08. The number of ether oxygens (including phenoxy) is 1. The van der Waals surface area contributed by atoms with Crippen LogP contribution >= 0.6 is 0 Å². The molecule has 21 heavy (non-hydrogen) atoms. The number of benzene rings is 1. The Hall–Kier alpha value is -1.92. The van der Waals surface area contributed by atoms with Gasteiger partial charge in [-0.2, -0.15) is 0 Å². The van der Waals surface area contributed by atoms with Crippen molar-refractivity contribution in [2.24, 2.45) is 0 Å². The van der Waals surface area contributed by atoms with Crippen LogP contribution in [0.3, 0.4) is 0 Å². The van der Waals surface area contributed by atoms with Gasteiger partial charge in [-0.3, -0.25) is 9.59 Å². The number of rotatable bonds is 6. The molecule has 1 heterocycles. The number of methoxy groups -OCH3 is 1. The summed E-state index contributed by atoms with van der Waals surface area (Å²) in [6, 6.07) is 5.67. The van der Waals surface area contributed by atoms with Crippen LogP contribution in [-0.4, -0.2) is 43.3 Å². The molecule has 0 spiro atoms. The van der Waals surface area contributed by atoms with Gasteiger partial charge in [0.2, 0.25) is 0 Å². The summed E-state index contributed by atoms with van der Waals surface area (Å²) < 4.78 is 5.03. The highest BCUT2D eigenvalue weighted by atomic mass is 16.5. The lowest BCUT2D eigenvalue weighted by Gasteiger charge is -2.18. The Morgan fingerprint density at radius 2 is 2.24 bits per heavy atom. The number of hydrogen-bond acceptors (Lipinski definition) is 4. The van der Waals surface area contributed by atoms with Crippen LogP contribution in [0.1, 0.15) is 27.9 Å². The number of hydrogen-bond donors (Lipinski definition) is 3. The van der Waals surface area contributed by atoms with Crippen molar-refractivity contribution in [1.29, 1.82) is 0 Å². The number of carboxylic acids is 1. The normalized spacial score (nSPS) is 15.1. The Morgan fingerprint density at radius 3 is 2.95 bits per heavy atom. The number of fused-ring (bicyclic) bond motifs is 1. The molecule has 0 aliphatic carbocycles. The Balaban J connectivity index is 1.95. The minimum Gasteiger partial charge on any atom is -0.481 e. The number of carbonyl (C=O) groups is 2. The molecule has 0 fully saturated rings. The standard InChI is InChI=1S/C15H20N2O4/c1-21-13(7-14(18)19)9-17-15(20)11-3-2-10-4-5-16-8-12(10)6-11/h2-3,6,13,16H,4-5,7-9H2,1H3,(H,17,20)(H,18,19). The van der Waals surface area contributed by atoms with Gasteiger partial charge in [-0.25, -0.2) is 0 Å². The maximum absolute atomic E-state index is 12.1. The van der Waals surface area contributed by atoms with Crippen LogP contribution in [0, 0.1) is 0 Å². The molecule has 2 rings (SSSR count). The van der Waals surface area contributed by atoms with Crippen LogP contribution in [-0.2, 0) is 22.5 Å². The minimum atomic E-state index is -0.948. The van der Waals surface area contributed by atoms with E-state index >= 15 is 0 Å². The third kappa shape index (κ3) is 4.27. The zero-order valence-electron chi connectivity index (χ0n) is 12.0. The summed E-state index contributed by atoms with van der Waals surface area (Å²) in [7, 11) is 1.43. The number of nitrogens with one attached hydrogen (secondary N) is 2. The van der Waals surface area contributed by atoms with Gasteiger partial charge in [-0.15, -0.1) is 0 Å². The van der Waals surface area contributed by atoms with E-state index in [9.17, 15) is 9.59 Å². The van der Waals surface area contributed by atoms with Crippen LogP contribution in [0.25, 0.3) is 0 Å². The highest BCUT2D eigenvalue weighted by molar-refractivity contribution is 5.94. The molecule has 0 aromatic heterocycles. The zero-order valence-corrected chi connectivity index (χ0v) is 12.0. The lowest BCUT2D eigenvalue weighted by molar-refractivity contribution is -0.139. The van der Waals surface area contributed by atoms with E-state index in [4.69, 9.17) is 9.84 Å². The highest BCUT2D eigenvalue weighted by Crippen LogP contribution is 2.15. The van der Waals surface area contributed by atoms with Gasteiger partial charge in [0, 0.05) is 25.8 Å². The average Bonchev–Trinajstić information content (AvgIpc) is 2.50. The topological polar surface area (TPSA) is 87.7 Å². The van der Waals surface area contributed by atoms with Gasteiger partial charge >= 0.3 is 5.97 Å². The lowest BCUT2D eigenvalue weighted by atomic mass is 9.98. The van der Waals surface area contributed by atoms with Gasteiger partial charge in [0.15, 0.2) is 0 Å². The summed E-state index contributed by atoms with van der Waals surface area (Å²) in [6.45, 7) is 1.91. The maximum atomic E-state index is 12.1. The van der Waals surface area contributed by atoms with Gasteiger partial charge in [0.1, 0.15) is 0 Å². The molecule has 0 bridgehead atoms. The monoisotopic (exact) mass is 292 g/mol. The fourth-order valence-corrected chi connectivity index (χ4v) is 2.36. The van der Waals surface area contributed by atoms with E-state index in [1.54, 1.807) is 6.07 Å². The average molecular weight is 292 g/mol. The van der Waals surface area contributed by atoms with Crippen molar-refractivity contribution < 1.29 is 19.4 Å². The summed E-state index contributed by atoms with van der Waals surface area (Å²) in [5, 5.41) is 14.7. The molecule has 1 amide bonds. The SMILES string of the molecule is COC(CNC(=O)c1ccc2c(c1)CNCC2)CC(=O)O. The number of aliphatic carboxylic acids is 1. The van der Waals surface area contributed by atoms with Gasteiger partial charge in [0.05, 0.1) is 12.5 Å². The first-order valence-electron chi connectivity index (χ1n) is 6.95. The first-order chi connectivity index (χ1) is 10.1. The molecule has 1 atom stereocenters. The Labute approximate surface area is 123 Å². The summed E-state index contributed by atoms with van der Waals surface area (Å²) in [4.78, 5) is 22.7. The number of amides is 1. The molecule has 0 radical (unpaired) electrons. The van der Waals surface area contributed by atoms with Crippen LogP contribution in [0.2, 0.25) is 0 Å². The van der Waals surface area contributed by atoms with Crippen molar-refractivity contribution >= 4 is 11.9 Å². The minimum absolute atomic E-state index is 0.134. The second-order valence-electron chi connectivity index (χ2n) is 5.08. The summed E-state index contributed by atoms with van der Waals surface area (Å²) in [5.41, 5.74) is 3.00. The molecule has 1 aliphatic heterocycles. The maximum Gasteiger partial charge on any atom is 0.306 e. The van der Waals surface area contributed by atoms with Crippen LogP contribution in [0.5, 0.6) is 0 Å². The van der Waals surface area contributed by atoms with Crippen molar-refractivity contribution in [3.05, 3.63) is 34.9 Å². The van der Waals surface area contributed by atoms with Crippen LogP contribution in [0.15, 0.2) is 18.2 Å². The van der Waals surface area contributed by atoms with E-state index in [2.05, 4.69) is 10.6 Å². The van der Waals surface area contributed by atoms with Crippen molar-refractivity contribution in [3.63, 3.8) is 0 Å². The third-order valence-corrected chi connectivity index (χ3v) is 3.58. The number of carbonyl (C=O) groups excluding carboxylic acids is 1. The molecule has 6 nitrogen and oxygen atoms in total. The summed E-state index contributed by atoms with van der Waals surface area (Å²) >= 11 is 0. The first kappa shape index (κ1) is 15.5. The van der Waals surface area contributed by atoms with Crippen molar-refractivity contribution in [3.8, 4) is 0 Å². The van der Waals surface area contributed by atoms with E-state index in [1.165, 1.54) is 12.7 Å². The Kier molecular flexibility index (Phi) is 5.30. The fourth-order valence-electron chi connectivity index (χ4n) is 2.36. The predicted molar refractivity (Wildman–Crippen MR) is 77.2 cm³/mol. The van der Waals surface area contributed by atoms with Crippen LogP contribution in [0.4, 0.5) is 0 Å².